The van der Waals surface area contributed by atoms with Crippen molar-refractivity contribution >= 4 is 52.1 Å². The van der Waals surface area contributed by atoms with Crippen LogP contribution in [0.25, 0.3) is 6.08 Å². The normalized spacial score (nSPS) is 20.2. The molecule has 37 heavy (non-hydrogen) atoms. The van der Waals surface area contributed by atoms with Gasteiger partial charge in [-0.25, -0.2) is 0 Å². The highest BCUT2D eigenvalue weighted by Crippen LogP contribution is 2.40. The lowest BCUT2D eigenvalue weighted by Crippen LogP contribution is -2.41. The molecule has 10 heteroatoms. The van der Waals surface area contributed by atoms with Gasteiger partial charge in [0.2, 0.25) is 0 Å². The first-order valence-corrected chi connectivity index (χ1v) is 14.4. The van der Waals surface area contributed by atoms with Crippen LogP contribution in [-0.4, -0.2) is 51.4 Å². The first kappa shape index (κ1) is 27.4. The number of carbonyl (C=O) groups excluding carboxylic acids is 2. The summed E-state index contributed by atoms with van der Waals surface area (Å²) in [4.78, 5) is 43.6. The molecule has 1 aromatic heterocycles. The maximum Gasteiger partial charge on any atom is 0.309 e. The van der Waals surface area contributed by atoms with Crippen LogP contribution < -0.4 is 10.5 Å². The predicted octanol–water partition coefficient (Wildman–Crippen LogP) is 4.36. The minimum absolute atomic E-state index is 0.0936. The Morgan fingerprint density at radius 2 is 1.86 bits per heavy atom. The number of ether oxygens (including phenoxy) is 1. The molecule has 3 aliphatic rings. The van der Waals surface area contributed by atoms with E-state index < -0.39 is 0 Å². The van der Waals surface area contributed by atoms with E-state index in [4.69, 9.17) is 17.0 Å². The molecule has 0 N–H and O–H groups in total. The number of aromatic nitrogens is 1. The van der Waals surface area contributed by atoms with Gasteiger partial charge in [-0.05, 0) is 57.6 Å². The van der Waals surface area contributed by atoms with Crippen LogP contribution in [0, 0.1) is 24.2 Å². The van der Waals surface area contributed by atoms with Crippen molar-refractivity contribution in [3.8, 4) is 6.07 Å². The maximum absolute atomic E-state index is 13.5. The van der Waals surface area contributed by atoms with E-state index >= 15 is 0 Å². The van der Waals surface area contributed by atoms with Crippen LogP contribution in [0.2, 0.25) is 0 Å². The van der Waals surface area contributed by atoms with Gasteiger partial charge in [0.25, 0.3) is 11.5 Å². The summed E-state index contributed by atoms with van der Waals surface area (Å²) in [6.45, 7) is 7.51. The third-order valence-electron chi connectivity index (χ3n) is 7.50. The van der Waals surface area contributed by atoms with E-state index in [0.717, 1.165) is 25.7 Å². The molecule has 0 radical (unpaired) electrons. The SMILES string of the molecule is CCCn1c(N2CCC(C(=O)OCC)CC2)c(/C=C2/SC(=S)N(C3CCCC3)C2=O)c(C)c(C#N)c1=O. The molecule has 3 fully saturated rings. The summed E-state index contributed by atoms with van der Waals surface area (Å²) >= 11 is 6.89. The van der Waals surface area contributed by atoms with Gasteiger partial charge < -0.3 is 9.64 Å². The Balaban J connectivity index is 1.78. The molecule has 0 atom stereocenters. The second kappa shape index (κ2) is 11.8. The van der Waals surface area contributed by atoms with Gasteiger partial charge in [0.05, 0.1) is 17.4 Å². The molecule has 198 valence electrons. The zero-order valence-electron chi connectivity index (χ0n) is 21.7. The van der Waals surface area contributed by atoms with E-state index in [1.807, 2.05) is 13.0 Å². The Morgan fingerprint density at radius 3 is 2.46 bits per heavy atom. The van der Waals surface area contributed by atoms with Gasteiger partial charge in [0.15, 0.2) is 0 Å². The zero-order chi connectivity index (χ0) is 26.7. The van der Waals surface area contributed by atoms with Crippen LogP contribution in [0.15, 0.2) is 9.70 Å². The molecule has 3 heterocycles. The van der Waals surface area contributed by atoms with Crippen LogP contribution in [-0.2, 0) is 20.9 Å². The second-order valence-electron chi connectivity index (χ2n) is 9.81. The fourth-order valence-corrected chi connectivity index (χ4v) is 6.97. The van der Waals surface area contributed by atoms with E-state index in [-0.39, 0.29) is 35.0 Å². The number of rotatable bonds is 7. The minimum Gasteiger partial charge on any atom is -0.466 e. The number of piperidine rings is 1. The van der Waals surface area contributed by atoms with Gasteiger partial charge in [-0.1, -0.05) is 43.7 Å². The number of nitriles is 1. The zero-order valence-corrected chi connectivity index (χ0v) is 23.4. The van der Waals surface area contributed by atoms with E-state index in [0.29, 0.717) is 71.7 Å². The molecular formula is C27H34N4O4S2. The largest absolute Gasteiger partial charge is 0.466 e. The van der Waals surface area contributed by atoms with E-state index in [1.165, 1.54) is 11.8 Å². The van der Waals surface area contributed by atoms with Crippen LogP contribution in [0.4, 0.5) is 5.82 Å². The lowest BCUT2D eigenvalue weighted by Gasteiger charge is -2.35. The standard InChI is InChI=1S/C27H34N4O4S2/c1-4-12-30-23(29-13-10-18(11-14-29)26(34)35-5-2)20(17(3)21(16-28)24(30)32)15-22-25(33)31(27(36)37-22)19-8-6-7-9-19/h15,18-19H,4-14H2,1-3H3/b22-15+. The number of carbonyl (C=O) groups is 2. The third-order valence-corrected chi connectivity index (χ3v) is 8.83. The lowest BCUT2D eigenvalue weighted by molar-refractivity contribution is -0.148. The monoisotopic (exact) mass is 542 g/mol. The van der Waals surface area contributed by atoms with Gasteiger partial charge in [-0.2, -0.15) is 5.26 Å². The van der Waals surface area contributed by atoms with Crippen molar-refractivity contribution in [1.82, 2.24) is 9.47 Å². The average Bonchev–Trinajstić information content (AvgIpc) is 3.50. The minimum atomic E-state index is -0.319. The first-order chi connectivity index (χ1) is 17.8. The fourth-order valence-electron chi connectivity index (χ4n) is 5.59. The Kier molecular flexibility index (Phi) is 8.75. The van der Waals surface area contributed by atoms with Crippen LogP contribution in [0.3, 0.4) is 0 Å². The summed E-state index contributed by atoms with van der Waals surface area (Å²) < 4.78 is 7.46. The van der Waals surface area contributed by atoms with Gasteiger partial charge in [0.1, 0.15) is 21.8 Å². The molecular weight excluding hydrogens is 508 g/mol. The van der Waals surface area contributed by atoms with Gasteiger partial charge in [-0.15, -0.1) is 0 Å². The number of amides is 1. The van der Waals surface area contributed by atoms with E-state index in [1.54, 1.807) is 23.3 Å². The Morgan fingerprint density at radius 1 is 1.19 bits per heavy atom. The Bertz CT molecular complexity index is 1220. The molecule has 0 aromatic carbocycles. The summed E-state index contributed by atoms with van der Waals surface area (Å²) in [7, 11) is 0. The second-order valence-corrected chi connectivity index (χ2v) is 11.5. The number of thiocarbonyl (C=S) groups is 1. The van der Waals surface area contributed by atoms with Crippen molar-refractivity contribution in [2.24, 2.45) is 5.92 Å². The molecule has 1 amide bonds. The Labute approximate surface area is 227 Å². The van der Waals surface area contributed by atoms with Gasteiger partial charge in [0, 0.05) is 31.2 Å². The summed E-state index contributed by atoms with van der Waals surface area (Å²) in [5.41, 5.74) is 1.04. The first-order valence-electron chi connectivity index (χ1n) is 13.2. The van der Waals surface area contributed by atoms with Gasteiger partial charge in [-0.3, -0.25) is 23.9 Å². The van der Waals surface area contributed by atoms with Crippen LogP contribution in [0.5, 0.6) is 0 Å². The highest BCUT2D eigenvalue weighted by Gasteiger charge is 2.39. The highest BCUT2D eigenvalue weighted by atomic mass is 32.2. The van der Waals surface area contributed by atoms with Gasteiger partial charge >= 0.3 is 5.97 Å². The molecule has 4 rings (SSSR count). The number of nitrogens with zero attached hydrogens (tertiary/aromatic N) is 4. The summed E-state index contributed by atoms with van der Waals surface area (Å²) in [5, 5.41) is 9.85. The van der Waals surface area contributed by atoms with E-state index in [9.17, 15) is 19.6 Å². The number of esters is 1. The third kappa shape index (κ3) is 5.34. The summed E-state index contributed by atoms with van der Waals surface area (Å²) in [5.74, 6) is 0.255. The average molecular weight is 543 g/mol. The lowest BCUT2D eigenvalue weighted by atomic mass is 9.95. The van der Waals surface area contributed by atoms with Crippen molar-refractivity contribution in [3.63, 3.8) is 0 Å². The molecule has 0 unspecified atom stereocenters. The van der Waals surface area contributed by atoms with Crippen molar-refractivity contribution in [1.29, 1.82) is 5.26 Å². The molecule has 2 aliphatic heterocycles. The molecule has 0 spiro atoms. The van der Waals surface area contributed by atoms with Crippen molar-refractivity contribution in [2.75, 3.05) is 24.6 Å². The highest BCUT2D eigenvalue weighted by molar-refractivity contribution is 8.26. The molecule has 8 nitrogen and oxygen atoms in total. The molecule has 1 saturated carbocycles. The topological polar surface area (TPSA) is 95.6 Å². The van der Waals surface area contributed by atoms with Crippen LogP contribution in [0.1, 0.15) is 75.5 Å². The molecule has 1 aliphatic carbocycles. The number of anilines is 1. The van der Waals surface area contributed by atoms with Crippen molar-refractivity contribution < 1.29 is 14.3 Å². The van der Waals surface area contributed by atoms with Crippen molar-refractivity contribution in [3.05, 3.63) is 31.9 Å². The number of thioether (sulfide) groups is 1. The number of hydrogen-bond acceptors (Lipinski definition) is 8. The quantitative estimate of drug-likeness (QED) is 0.285. The van der Waals surface area contributed by atoms with Crippen LogP contribution >= 0.6 is 24.0 Å². The summed E-state index contributed by atoms with van der Waals surface area (Å²) in [6.07, 6.45) is 7.87. The smallest absolute Gasteiger partial charge is 0.309 e. The van der Waals surface area contributed by atoms with E-state index in [2.05, 4.69) is 11.0 Å². The Hall–Kier alpha value is -2.64. The molecule has 0 bridgehead atoms. The predicted molar refractivity (Wildman–Crippen MR) is 149 cm³/mol. The molecule has 1 aromatic rings. The fraction of sp³-hybridized carbons (Fsp3) is 0.593. The maximum atomic E-state index is 13.5. The number of hydrogen-bond donors (Lipinski definition) is 0. The molecule has 2 saturated heterocycles. The van der Waals surface area contributed by atoms with Crippen molar-refractivity contribution in [2.45, 2.75) is 78.3 Å². The summed E-state index contributed by atoms with van der Waals surface area (Å²) in [6, 6.07) is 2.24. The number of pyridine rings is 1.